The van der Waals surface area contributed by atoms with Gasteiger partial charge in [-0.1, -0.05) is 17.2 Å². The van der Waals surface area contributed by atoms with Crippen molar-refractivity contribution in [1.29, 1.82) is 0 Å². The summed E-state index contributed by atoms with van der Waals surface area (Å²) in [7, 11) is 0. The van der Waals surface area contributed by atoms with Crippen molar-refractivity contribution in [3.63, 3.8) is 0 Å². The molecular weight excluding hydrogens is 202 g/mol. The molecule has 0 unspecified atom stereocenters. The summed E-state index contributed by atoms with van der Waals surface area (Å²) < 4.78 is 0. The SMILES string of the molecule is CC(=CCl)CC1(C(=O)O)CCNCC1. The molecule has 1 rings (SSSR count). The molecule has 4 heteroatoms. The Morgan fingerprint density at radius 1 is 1.57 bits per heavy atom. The standard InChI is InChI=1S/C10H16ClNO2/c1-8(7-11)6-10(9(13)14)2-4-12-5-3-10/h7,12H,2-6H2,1H3,(H,13,14). The van der Waals surface area contributed by atoms with Crippen LogP contribution in [0.2, 0.25) is 0 Å². The fourth-order valence-electron chi connectivity index (χ4n) is 1.94. The third-order valence-corrected chi connectivity index (χ3v) is 3.19. The Hall–Kier alpha value is -0.540. The van der Waals surface area contributed by atoms with Gasteiger partial charge in [-0.05, 0) is 39.3 Å². The highest BCUT2D eigenvalue weighted by molar-refractivity contribution is 6.25. The summed E-state index contributed by atoms with van der Waals surface area (Å²) in [4.78, 5) is 11.2. The van der Waals surface area contributed by atoms with Gasteiger partial charge in [-0.2, -0.15) is 0 Å². The van der Waals surface area contributed by atoms with E-state index in [0.29, 0.717) is 19.3 Å². The Balaban J connectivity index is 2.75. The monoisotopic (exact) mass is 217 g/mol. The summed E-state index contributed by atoms with van der Waals surface area (Å²) in [6.45, 7) is 3.43. The maximum atomic E-state index is 11.2. The molecule has 0 bridgehead atoms. The molecule has 1 saturated heterocycles. The summed E-state index contributed by atoms with van der Waals surface area (Å²) >= 11 is 5.57. The predicted molar refractivity (Wildman–Crippen MR) is 56.4 cm³/mol. The summed E-state index contributed by atoms with van der Waals surface area (Å²) in [5.41, 5.74) is 1.82. The van der Waals surface area contributed by atoms with Crippen LogP contribution in [0, 0.1) is 5.41 Å². The van der Waals surface area contributed by atoms with Gasteiger partial charge in [0.05, 0.1) is 5.41 Å². The number of piperidine rings is 1. The van der Waals surface area contributed by atoms with Gasteiger partial charge in [0.15, 0.2) is 0 Å². The zero-order valence-corrected chi connectivity index (χ0v) is 9.10. The first-order chi connectivity index (χ1) is 6.60. The topological polar surface area (TPSA) is 49.3 Å². The van der Waals surface area contributed by atoms with Gasteiger partial charge in [-0.3, -0.25) is 4.79 Å². The van der Waals surface area contributed by atoms with Crippen molar-refractivity contribution in [3.8, 4) is 0 Å². The Kier molecular flexibility index (Phi) is 3.96. The normalized spacial score (nSPS) is 22.0. The van der Waals surface area contributed by atoms with Crippen molar-refractivity contribution in [2.75, 3.05) is 13.1 Å². The molecule has 1 aliphatic rings. The molecule has 0 amide bonds. The Morgan fingerprint density at radius 3 is 2.57 bits per heavy atom. The minimum atomic E-state index is -0.697. The highest BCUT2D eigenvalue weighted by Gasteiger charge is 2.39. The number of carboxylic acids is 1. The smallest absolute Gasteiger partial charge is 0.310 e. The molecule has 0 aliphatic carbocycles. The zero-order valence-electron chi connectivity index (χ0n) is 8.35. The van der Waals surface area contributed by atoms with E-state index in [0.717, 1.165) is 18.7 Å². The molecule has 2 N–H and O–H groups in total. The molecule has 0 radical (unpaired) electrons. The van der Waals surface area contributed by atoms with Crippen LogP contribution in [0.5, 0.6) is 0 Å². The van der Waals surface area contributed by atoms with Gasteiger partial charge in [0, 0.05) is 5.54 Å². The number of carbonyl (C=O) groups is 1. The summed E-state index contributed by atoms with van der Waals surface area (Å²) in [6.07, 6.45) is 1.93. The van der Waals surface area contributed by atoms with Gasteiger partial charge in [0.1, 0.15) is 0 Å². The molecule has 14 heavy (non-hydrogen) atoms. The predicted octanol–water partition coefficient (Wildman–Crippen LogP) is 1.97. The summed E-state index contributed by atoms with van der Waals surface area (Å²) in [6, 6.07) is 0. The average Bonchev–Trinajstić information content (AvgIpc) is 2.19. The quantitative estimate of drug-likeness (QED) is 0.760. The number of allylic oxidation sites excluding steroid dienone is 1. The lowest BCUT2D eigenvalue weighted by Gasteiger charge is -2.33. The molecule has 0 atom stereocenters. The number of nitrogens with one attached hydrogen (secondary N) is 1. The fraction of sp³-hybridized carbons (Fsp3) is 0.700. The lowest BCUT2D eigenvalue weighted by Crippen LogP contribution is -2.42. The van der Waals surface area contributed by atoms with Gasteiger partial charge in [-0.25, -0.2) is 0 Å². The van der Waals surface area contributed by atoms with Gasteiger partial charge in [0.2, 0.25) is 0 Å². The van der Waals surface area contributed by atoms with Gasteiger partial charge < -0.3 is 10.4 Å². The van der Waals surface area contributed by atoms with E-state index in [1.807, 2.05) is 6.92 Å². The second-order valence-electron chi connectivity index (χ2n) is 3.97. The van der Waals surface area contributed by atoms with E-state index in [1.54, 1.807) is 0 Å². The second-order valence-corrected chi connectivity index (χ2v) is 4.19. The average molecular weight is 218 g/mol. The summed E-state index contributed by atoms with van der Waals surface area (Å²) in [5, 5.41) is 12.4. The first kappa shape index (κ1) is 11.5. The third-order valence-electron chi connectivity index (χ3n) is 2.82. The van der Waals surface area contributed by atoms with Crippen LogP contribution in [0.25, 0.3) is 0 Å². The van der Waals surface area contributed by atoms with Gasteiger partial charge >= 0.3 is 5.97 Å². The van der Waals surface area contributed by atoms with Crippen LogP contribution in [-0.2, 0) is 4.79 Å². The maximum Gasteiger partial charge on any atom is 0.310 e. The lowest BCUT2D eigenvalue weighted by molar-refractivity contribution is -0.150. The minimum absolute atomic E-state index is 0.563. The molecule has 0 aromatic carbocycles. The number of carboxylic acid groups (broad SMARTS) is 1. The molecule has 0 spiro atoms. The van der Waals surface area contributed by atoms with Crippen LogP contribution in [0.3, 0.4) is 0 Å². The zero-order chi connectivity index (χ0) is 10.6. The van der Waals surface area contributed by atoms with Crippen molar-refractivity contribution in [2.24, 2.45) is 5.41 Å². The van der Waals surface area contributed by atoms with E-state index in [2.05, 4.69) is 5.32 Å². The first-order valence-electron chi connectivity index (χ1n) is 4.81. The maximum absolute atomic E-state index is 11.2. The lowest BCUT2D eigenvalue weighted by atomic mass is 9.74. The van der Waals surface area contributed by atoms with E-state index < -0.39 is 11.4 Å². The van der Waals surface area contributed by atoms with Crippen LogP contribution >= 0.6 is 11.6 Å². The van der Waals surface area contributed by atoms with Crippen molar-refractivity contribution < 1.29 is 9.90 Å². The number of aliphatic carboxylic acids is 1. The summed E-state index contributed by atoms with van der Waals surface area (Å²) in [5.74, 6) is -0.697. The van der Waals surface area contributed by atoms with Crippen LogP contribution in [0.15, 0.2) is 11.1 Å². The molecule has 1 heterocycles. The molecule has 0 aromatic heterocycles. The van der Waals surface area contributed by atoms with Crippen molar-refractivity contribution in [1.82, 2.24) is 5.32 Å². The van der Waals surface area contributed by atoms with Gasteiger partial charge in [-0.15, -0.1) is 0 Å². The minimum Gasteiger partial charge on any atom is -0.481 e. The highest BCUT2D eigenvalue weighted by atomic mass is 35.5. The first-order valence-corrected chi connectivity index (χ1v) is 5.24. The van der Waals surface area contributed by atoms with E-state index in [4.69, 9.17) is 11.6 Å². The van der Waals surface area contributed by atoms with Crippen molar-refractivity contribution in [2.45, 2.75) is 26.2 Å². The third kappa shape index (κ3) is 2.49. The van der Waals surface area contributed by atoms with Gasteiger partial charge in [0.25, 0.3) is 0 Å². The van der Waals surface area contributed by atoms with Crippen LogP contribution in [-0.4, -0.2) is 24.2 Å². The van der Waals surface area contributed by atoms with Crippen molar-refractivity contribution >= 4 is 17.6 Å². The molecule has 0 aromatic rings. The molecule has 0 saturated carbocycles. The van der Waals surface area contributed by atoms with E-state index in [9.17, 15) is 9.90 Å². The fourth-order valence-corrected chi connectivity index (χ4v) is 2.02. The second kappa shape index (κ2) is 4.80. The van der Waals surface area contributed by atoms with E-state index in [1.165, 1.54) is 5.54 Å². The Labute approximate surface area is 89.1 Å². The van der Waals surface area contributed by atoms with Crippen LogP contribution in [0.1, 0.15) is 26.2 Å². The largest absolute Gasteiger partial charge is 0.481 e. The highest BCUT2D eigenvalue weighted by Crippen LogP contribution is 2.35. The van der Waals surface area contributed by atoms with Crippen LogP contribution < -0.4 is 5.32 Å². The number of hydrogen-bond acceptors (Lipinski definition) is 2. The molecule has 80 valence electrons. The Bertz CT molecular complexity index is 245. The Morgan fingerprint density at radius 2 is 2.14 bits per heavy atom. The molecule has 1 aliphatic heterocycles. The van der Waals surface area contributed by atoms with Crippen LogP contribution in [0.4, 0.5) is 0 Å². The molecule has 3 nitrogen and oxygen atoms in total. The molecule has 1 fully saturated rings. The van der Waals surface area contributed by atoms with Crippen molar-refractivity contribution in [3.05, 3.63) is 11.1 Å². The van der Waals surface area contributed by atoms with E-state index in [-0.39, 0.29) is 0 Å². The number of hydrogen-bond donors (Lipinski definition) is 2. The van der Waals surface area contributed by atoms with E-state index >= 15 is 0 Å². The molecular formula is C10H16ClNO2. The number of halogens is 1. The number of rotatable bonds is 3.